The second kappa shape index (κ2) is 4.09. The van der Waals surface area contributed by atoms with Crippen LogP contribution in [0.5, 0.6) is 0 Å². The van der Waals surface area contributed by atoms with Gasteiger partial charge in [0.2, 0.25) is 0 Å². The van der Waals surface area contributed by atoms with E-state index < -0.39 is 0 Å². The highest BCUT2D eigenvalue weighted by Gasteiger charge is 2.15. The van der Waals surface area contributed by atoms with Gasteiger partial charge in [0.25, 0.3) is 0 Å². The summed E-state index contributed by atoms with van der Waals surface area (Å²) in [5.74, 6) is 0. The van der Waals surface area contributed by atoms with Crippen molar-refractivity contribution in [3.8, 4) is 0 Å². The van der Waals surface area contributed by atoms with Crippen molar-refractivity contribution in [2.75, 3.05) is 17.2 Å². The van der Waals surface area contributed by atoms with Crippen molar-refractivity contribution in [1.29, 1.82) is 0 Å². The lowest BCUT2D eigenvalue weighted by Gasteiger charge is -2.16. The molecule has 2 rings (SSSR count). The van der Waals surface area contributed by atoms with E-state index in [9.17, 15) is 0 Å². The number of rotatable bonds is 1. The van der Waals surface area contributed by atoms with Crippen LogP contribution in [0.4, 0.5) is 11.4 Å². The van der Waals surface area contributed by atoms with Crippen LogP contribution in [0.15, 0.2) is 18.2 Å². The minimum absolute atomic E-state index is 0.531. The molecule has 14 heavy (non-hydrogen) atoms. The third-order valence-corrected chi connectivity index (χ3v) is 2.98. The van der Waals surface area contributed by atoms with Crippen molar-refractivity contribution >= 4 is 23.0 Å². The van der Waals surface area contributed by atoms with Crippen LogP contribution in [0.2, 0.25) is 5.02 Å². The molecular weight excluding hydrogens is 196 g/mol. The molecular formula is C11H15ClN2. The maximum atomic E-state index is 6.13. The highest BCUT2D eigenvalue weighted by Crippen LogP contribution is 2.33. The summed E-state index contributed by atoms with van der Waals surface area (Å²) in [7, 11) is 0. The van der Waals surface area contributed by atoms with Crippen LogP contribution in [0, 0.1) is 0 Å². The smallest absolute Gasteiger partial charge is 0.0767 e. The largest absolute Gasteiger partial charge is 0.383 e. The lowest BCUT2D eigenvalue weighted by molar-refractivity contribution is 0.661. The standard InChI is InChI=1S/C11H15ClN2/c1-2-8-6-7-13-10-5-3-4-9(12)11(10)14-8/h3-5,8,13-14H,2,6-7H2,1H3. The average molecular weight is 211 g/mol. The van der Waals surface area contributed by atoms with E-state index in [1.54, 1.807) is 0 Å². The van der Waals surface area contributed by atoms with Crippen molar-refractivity contribution in [2.45, 2.75) is 25.8 Å². The maximum absolute atomic E-state index is 6.13. The van der Waals surface area contributed by atoms with E-state index in [-0.39, 0.29) is 0 Å². The number of hydrogen-bond acceptors (Lipinski definition) is 2. The monoisotopic (exact) mass is 210 g/mol. The molecule has 0 spiro atoms. The van der Waals surface area contributed by atoms with E-state index in [0.717, 1.165) is 35.8 Å². The SMILES string of the molecule is CCC1CCNc2cccc(Cl)c2N1. The number of anilines is 2. The molecule has 2 nitrogen and oxygen atoms in total. The van der Waals surface area contributed by atoms with Gasteiger partial charge in [-0.3, -0.25) is 0 Å². The van der Waals surface area contributed by atoms with Crippen molar-refractivity contribution < 1.29 is 0 Å². The van der Waals surface area contributed by atoms with Crippen LogP contribution in [0.3, 0.4) is 0 Å². The van der Waals surface area contributed by atoms with Gasteiger partial charge in [-0.05, 0) is 25.0 Å². The molecule has 0 aromatic heterocycles. The van der Waals surface area contributed by atoms with Gasteiger partial charge in [0.05, 0.1) is 16.4 Å². The van der Waals surface area contributed by atoms with Crippen LogP contribution in [0.1, 0.15) is 19.8 Å². The van der Waals surface area contributed by atoms with Crippen molar-refractivity contribution in [1.82, 2.24) is 0 Å². The summed E-state index contributed by atoms with van der Waals surface area (Å²) in [5, 5.41) is 7.67. The van der Waals surface area contributed by atoms with E-state index in [2.05, 4.69) is 23.6 Å². The topological polar surface area (TPSA) is 24.1 Å². The Morgan fingerprint density at radius 2 is 2.36 bits per heavy atom. The van der Waals surface area contributed by atoms with E-state index in [0.29, 0.717) is 6.04 Å². The molecule has 3 heteroatoms. The fourth-order valence-corrected chi connectivity index (χ4v) is 2.01. The second-order valence-corrected chi connectivity index (χ2v) is 4.03. The maximum Gasteiger partial charge on any atom is 0.0767 e. The summed E-state index contributed by atoms with van der Waals surface area (Å²) >= 11 is 6.13. The quantitative estimate of drug-likeness (QED) is 0.743. The summed E-state index contributed by atoms with van der Waals surface area (Å²) in [6.07, 6.45) is 2.27. The molecule has 1 aromatic rings. The van der Waals surface area contributed by atoms with Gasteiger partial charge in [0.1, 0.15) is 0 Å². The Bertz CT molecular complexity index is 325. The number of halogens is 1. The minimum atomic E-state index is 0.531. The van der Waals surface area contributed by atoms with E-state index in [1.807, 2.05) is 12.1 Å². The average Bonchev–Trinajstić information content (AvgIpc) is 2.40. The van der Waals surface area contributed by atoms with Gasteiger partial charge >= 0.3 is 0 Å². The fourth-order valence-electron chi connectivity index (χ4n) is 1.78. The molecule has 0 bridgehead atoms. The Hall–Kier alpha value is -0.890. The van der Waals surface area contributed by atoms with Crippen LogP contribution in [0.25, 0.3) is 0 Å². The Kier molecular flexibility index (Phi) is 2.82. The lowest BCUT2D eigenvalue weighted by Crippen LogP contribution is -2.18. The first-order valence-corrected chi connectivity index (χ1v) is 5.48. The molecule has 2 N–H and O–H groups in total. The molecule has 1 atom stereocenters. The van der Waals surface area contributed by atoms with E-state index in [1.165, 1.54) is 0 Å². The first-order chi connectivity index (χ1) is 6.81. The highest BCUT2D eigenvalue weighted by molar-refractivity contribution is 6.34. The third kappa shape index (κ3) is 1.80. The molecule has 0 fully saturated rings. The molecule has 0 amide bonds. The zero-order chi connectivity index (χ0) is 9.97. The molecule has 0 saturated carbocycles. The first-order valence-electron chi connectivity index (χ1n) is 5.10. The minimum Gasteiger partial charge on any atom is -0.383 e. The van der Waals surface area contributed by atoms with Gasteiger partial charge < -0.3 is 10.6 Å². The zero-order valence-electron chi connectivity index (χ0n) is 8.31. The molecule has 0 aliphatic carbocycles. The van der Waals surface area contributed by atoms with Crippen molar-refractivity contribution in [3.63, 3.8) is 0 Å². The molecule has 1 heterocycles. The molecule has 1 aromatic carbocycles. The summed E-state index contributed by atoms with van der Waals surface area (Å²) in [5.41, 5.74) is 2.17. The van der Waals surface area contributed by atoms with Crippen LogP contribution in [-0.2, 0) is 0 Å². The highest BCUT2D eigenvalue weighted by atomic mass is 35.5. The summed E-state index contributed by atoms with van der Waals surface area (Å²) in [6.45, 7) is 3.21. The van der Waals surface area contributed by atoms with Crippen molar-refractivity contribution in [3.05, 3.63) is 23.2 Å². The van der Waals surface area contributed by atoms with Gasteiger partial charge in [0.15, 0.2) is 0 Å². The van der Waals surface area contributed by atoms with E-state index in [4.69, 9.17) is 11.6 Å². The van der Waals surface area contributed by atoms with Gasteiger partial charge in [-0.15, -0.1) is 0 Å². The molecule has 1 unspecified atom stereocenters. The number of nitrogens with one attached hydrogen (secondary N) is 2. The predicted molar refractivity (Wildman–Crippen MR) is 62.3 cm³/mol. The van der Waals surface area contributed by atoms with Gasteiger partial charge in [-0.25, -0.2) is 0 Å². The van der Waals surface area contributed by atoms with Gasteiger partial charge in [-0.1, -0.05) is 24.6 Å². The van der Waals surface area contributed by atoms with Gasteiger partial charge in [-0.2, -0.15) is 0 Å². The van der Waals surface area contributed by atoms with Crippen LogP contribution < -0.4 is 10.6 Å². The molecule has 0 radical (unpaired) electrons. The molecule has 0 saturated heterocycles. The Labute approximate surface area is 89.7 Å². The number of benzene rings is 1. The van der Waals surface area contributed by atoms with Crippen molar-refractivity contribution in [2.24, 2.45) is 0 Å². The van der Waals surface area contributed by atoms with Crippen LogP contribution in [-0.4, -0.2) is 12.6 Å². The Morgan fingerprint density at radius 3 is 3.14 bits per heavy atom. The first kappa shape index (κ1) is 9.66. The number of para-hydroxylation sites is 1. The summed E-state index contributed by atoms with van der Waals surface area (Å²) in [6, 6.07) is 6.49. The van der Waals surface area contributed by atoms with Crippen LogP contribution >= 0.6 is 11.6 Å². The predicted octanol–water partition coefficient (Wildman–Crippen LogP) is 3.35. The second-order valence-electron chi connectivity index (χ2n) is 3.63. The normalized spacial score (nSPS) is 20.3. The number of hydrogen-bond donors (Lipinski definition) is 2. The molecule has 76 valence electrons. The Morgan fingerprint density at radius 1 is 1.50 bits per heavy atom. The molecule has 1 aliphatic heterocycles. The molecule has 1 aliphatic rings. The Balaban J connectivity index is 2.33. The lowest BCUT2D eigenvalue weighted by atomic mass is 10.1. The zero-order valence-corrected chi connectivity index (χ0v) is 9.06. The summed E-state index contributed by atoms with van der Waals surface area (Å²) < 4.78 is 0. The fraction of sp³-hybridized carbons (Fsp3) is 0.455. The third-order valence-electron chi connectivity index (χ3n) is 2.66. The number of fused-ring (bicyclic) bond motifs is 1. The van der Waals surface area contributed by atoms with E-state index >= 15 is 0 Å². The summed E-state index contributed by atoms with van der Waals surface area (Å²) in [4.78, 5) is 0. The van der Waals surface area contributed by atoms with Gasteiger partial charge in [0, 0.05) is 12.6 Å².